The van der Waals surface area contributed by atoms with Crippen molar-refractivity contribution >= 4 is 11.0 Å². The lowest BCUT2D eigenvalue weighted by atomic mass is 9.79. The Morgan fingerprint density at radius 2 is 1.12 bits per heavy atom. The molecule has 0 aliphatic rings. The van der Waals surface area contributed by atoms with Crippen LogP contribution in [0.25, 0.3) is 95.0 Å². The van der Waals surface area contributed by atoms with E-state index in [-0.39, 0.29) is 51.7 Å². The molecule has 69 heavy (non-hydrogen) atoms. The Bertz CT molecular complexity index is 3920. The predicted molar refractivity (Wildman–Crippen MR) is 290 cm³/mol. The van der Waals surface area contributed by atoms with Gasteiger partial charge in [0.05, 0.1) is 37.6 Å². The number of fused-ring (bicyclic) bond motifs is 1. The van der Waals surface area contributed by atoms with E-state index in [2.05, 4.69) is 75.4 Å². The van der Waals surface area contributed by atoms with Gasteiger partial charge in [-0.05, 0) is 127 Å². The van der Waals surface area contributed by atoms with E-state index in [9.17, 15) is 9.22 Å². The van der Waals surface area contributed by atoms with Crippen molar-refractivity contribution in [3.63, 3.8) is 0 Å². The van der Waals surface area contributed by atoms with Crippen LogP contribution in [-0.2, 0) is 10.8 Å². The van der Waals surface area contributed by atoms with E-state index in [0.29, 0.717) is 39.2 Å². The van der Waals surface area contributed by atoms with Crippen molar-refractivity contribution in [3.05, 3.63) is 217 Å². The molecule has 0 atom stereocenters. The number of hydrogen-bond donors (Lipinski definition) is 1. The molecule has 0 spiro atoms. The highest BCUT2D eigenvalue weighted by atomic mass is 16.3. The van der Waals surface area contributed by atoms with Crippen LogP contribution in [0.4, 0.5) is 0 Å². The van der Waals surface area contributed by atoms with Gasteiger partial charge < -0.3 is 5.11 Å². The van der Waals surface area contributed by atoms with Gasteiger partial charge in [0.25, 0.3) is 0 Å². The molecule has 4 nitrogen and oxygen atoms in total. The molecule has 0 radical (unpaired) electrons. The number of aromatic hydroxyl groups is 1. The van der Waals surface area contributed by atoms with Crippen LogP contribution in [-0.4, -0.2) is 19.6 Å². The van der Waals surface area contributed by atoms with Crippen LogP contribution in [0.5, 0.6) is 5.75 Å². The van der Waals surface area contributed by atoms with Gasteiger partial charge in [-0.3, -0.25) is 9.55 Å². The Balaban J connectivity index is 1.28. The highest BCUT2D eigenvalue weighted by molar-refractivity contribution is 5.98. The molecular weight excluding hydrogens is 839 g/mol. The topological polar surface area (TPSA) is 50.9 Å². The Morgan fingerprint density at radius 1 is 0.522 bits per heavy atom. The predicted octanol–water partition coefficient (Wildman–Crippen LogP) is 17.5. The minimum absolute atomic E-state index is 0.0194. The first kappa shape index (κ1) is 36.3. The van der Waals surface area contributed by atoms with Crippen LogP contribution in [0.15, 0.2) is 200 Å². The SMILES string of the molecule is [2H]c1nc(-c2cc(-c3ccccc3)cc(-c3cccc4c3nc(-c3cc(C(C)(C)C)cc(C(C)(C)C)c3O)n4-c3ccc(C([2H])(C)C)cc3-c3ccccc3)c2)c([2H])c(-c2c([2H])c([2H])c(-c3ccccc3)c([2H])c2[2H])c1[2H]. The van der Waals surface area contributed by atoms with E-state index in [1.165, 1.54) is 0 Å². The quantitative estimate of drug-likeness (QED) is 0.157. The van der Waals surface area contributed by atoms with E-state index in [0.717, 1.165) is 50.1 Å². The summed E-state index contributed by atoms with van der Waals surface area (Å²) >= 11 is 0. The third kappa shape index (κ3) is 8.91. The Morgan fingerprint density at radius 3 is 1.74 bits per heavy atom. The van der Waals surface area contributed by atoms with Crippen molar-refractivity contribution in [1.29, 1.82) is 0 Å². The summed E-state index contributed by atoms with van der Waals surface area (Å²) in [5, 5.41) is 12.6. The van der Waals surface area contributed by atoms with Gasteiger partial charge in [-0.1, -0.05) is 195 Å². The second kappa shape index (κ2) is 18.0. The molecule has 0 saturated carbocycles. The number of aromatic nitrogens is 3. The molecule has 10 rings (SSSR count). The molecular formula is C65H59N3O. The van der Waals surface area contributed by atoms with Gasteiger partial charge >= 0.3 is 0 Å². The highest BCUT2D eigenvalue weighted by Crippen LogP contribution is 2.46. The van der Waals surface area contributed by atoms with E-state index >= 15 is 0 Å². The number of hydrogen-bond acceptors (Lipinski definition) is 3. The number of nitrogens with zero attached hydrogens (tertiary/aromatic N) is 3. The Labute approximate surface area is 418 Å². The average molecular weight is 906 g/mol. The summed E-state index contributed by atoms with van der Waals surface area (Å²) in [5.41, 5.74) is 9.89. The number of rotatable bonds is 9. The van der Waals surface area contributed by atoms with Gasteiger partial charge in [-0.25, -0.2) is 4.98 Å². The molecule has 2 aromatic heterocycles. The lowest BCUT2D eigenvalue weighted by Crippen LogP contribution is -2.17. The molecule has 4 heteroatoms. The van der Waals surface area contributed by atoms with Crippen LogP contribution >= 0.6 is 0 Å². The number of pyridine rings is 1. The fourth-order valence-corrected chi connectivity index (χ4v) is 8.94. The molecule has 2 heterocycles. The minimum Gasteiger partial charge on any atom is -0.507 e. The van der Waals surface area contributed by atoms with Gasteiger partial charge in [0.1, 0.15) is 11.6 Å². The molecule has 0 unspecified atom stereocenters. The zero-order valence-electron chi connectivity index (χ0n) is 48.3. The second-order valence-corrected chi connectivity index (χ2v) is 19.9. The Hall–Kier alpha value is -7.82. The van der Waals surface area contributed by atoms with E-state index in [1.807, 2.05) is 117 Å². The zero-order chi connectivity index (χ0) is 55.0. The number of imidazole rings is 1. The van der Waals surface area contributed by atoms with Crippen LogP contribution in [0.2, 0.25) is 0 Å². The molecule has 0 saturated heterocycles. The molecule has 0 aliphatic heterocycles. The second-order valence-electron chi connectivity index (χ2n) is 19.9. The number of para-hydroxylation sites is 1. The summed E-state index contributed by atoms with van der Waals surface area (Å²) in [4.78, 5) is 10.2. The summed E-state index contributed by atoms with van der Waals surface area (Å²) in [6.07, 6.45) is -0.492. The Kier molecular flexibility index (Phi) is 9.46. The average Bonchev–Trinajstić information content (AvgIpc) is 3.81. The summed E-state index contributed by atoms with van der Waals surface area (Å²) in [7, 11) is 0. The van der Waals surface area contributed by atoms with Crippen molar-refractivity contribution in [2.75, 3.05) is 0 Å². The smallest absolute Gasteiger partial charge is 0.149 e. The van der Waals surface area contributed by atoms with Gasteiger partial charge in [0, 0.05) is 29.8 Å². The molecule has 8 aromatic carbocycles. The fourth-order valence-electron chi connectivity index (χ4n) is 8.94. The zero-order valence-corrected chi connectivity index (χ0v) is 40.3. The molecule has 0 aliphatic carbocycles. The third-order valence-electron chi connectivity index (χ3n) is 12.8. The maximum Gasteiger partial charge on any atom is 0.149 e. The van der Waals surface area contributed by atoms with Crippen molar-refractivity contribution in [1.82, 2.24) is 14.5 Å². The van der Waals surface area contributed by atoms with Gasteiger partial charge in [-0.2, -0.15) is 0 Å². The maximum absolute atomic E-state index is 12.6. The molecule has 0 amide bonds. The van der Waals surface area contributed by atoms with Crippen LogP contribution < -0.4 is 0 Å². The highest BCUT2D eigenvalue weighted by Gasteiger charge is 2.29. The van der Waals surface area contributed by atoms with Crippen molar-refractivity contribution in [2.45, 2.75) is 72.1 Å². The molecule has 340 valence electrons. The van der Waals surface area contributed by atoms with Crippen LogP contribution in [0, 0.1) is 0 Å². The van der Waals surface area contributed by atoms with Gasteiger partial charge in [-0.15, -0.1) is 0 Å². The minimum atomic E-state index is -0.914. The summed E-state index contributed by atoms with van der Waals surface area (Å²) in [6, 6.07) is 48.2. The molecule has 1 N–H and O–H groups in total. The standard InChI is InChI=1S/C65H59N3O/c1-42(2)48-31-32-59(55(38-48)47-23-16-11-17-24-47)68-60-26-18-25-54(61(60)67-63(68)56-40-53(64(3,4)5)41-57(62(56)69)65(6,7)8)51-35-50(44-21-14-10-15-22-44)36-52(37-51)58-39-49(33-34-66-58)46-29-27-45(28-30-46)43-19-12-9-13-20-43/h9-42,69H,1-8H3/i27D,28D,29D,30D,33D,34D,39D,42D. The first-order valence-electron chi connectivity index (χ1n) is 27.4. The lowest BCUT2D eigenvalue weighted by Gasteiger charge is -2.27. The van der Waals surface area contributed by atoms with E-state index in [4.69, 9.17) is 11.8 Å². The normalized spacial score (nSPS) is 13.7. The molecule has 10 aromatic rings. The first-order valence-corrected chi connectivity index (χ1v) is 23.4. The van der Waals surface area contributed by atoms with Crippen molar-refractivity contribution < 1.29 is 16.1 Å². The molecule has 0 bridgehead atoms. The van der Waals surface area contributed by atoms with Crippen LogP contribution in [0.1, 0.15) is 88.9 Å². The largest absolute Gasteiger partial charge is 0.507 e. The van der Waals surface area contributed by atoms with E-state index < -0.39 is 35.6 Å². The van der Waals surface area contributed by atoms with E-state index in [1.54, 1.807) is 30.3 Å². The maximum atomic E-state index is 12.6. The summed E-state index contributed by atoms with van der Waals surface area (Å²) in [6.45, 7) is 16.5. The fraction of sp³-hybridized carbons (Fsp3) is 0.169. The van der Waals surface area contributed by atoms with Gasteiger partial charge in [0.15, 0.2) is 0 Å². The summed E-state index contributed by atoms with van der Waals surface area (Å²) < 4.78 is 75.8. The lowest BCUT2D eigenvalue weighted by molar-refractivity contribution is 0.446. The number of benzene rings is 8. The monoisotopic (exact) mass is 906 g/mol. The third-order valence-corrected chi connectivity index (χ3v) is 12.8. The van der Waals surface area contributed by atoms with Crippen molar-refractivity contribution in [2.24, 2.45) is 0 Å². The van der Waals surface area contributed by atoms with Crippen LogP contribution in [0.3, 0.4) is 0 Å². The first-order chi connectivity index (χ1) is 36.4. The van der Waals surface area contributed by atoms with Gasteiger partial charge in [0.2, 0.25) is 0 Å². The molecule has 0 fully saturated rings. The summed E-state index contributed by atoms with van der Waals surface area (Å²) in [5.74, 6) is -0.297. The van der Waals surface area contributed by atoms with Crippen molar-refractivity contribution in [3.8, 4) is 89.7 Å². The number of phenolic OH excluding ortho intramolecular Hbond substituents is 1. The number of phenols is 1.